The van der Waals surface area contributed by atoms with Crippen LogP contribution in [-0.4, -0.2) is 18.1 Å². The van der Waals surface area contributed by atoms with Gasteiger partial charge in [-0.25, -0.2) is 0 Å². The standard InChI is InChI=1S/C17H22N2/c1-17(2,14-9-5-4-6-10-14)16(18-3)13-15-11-7-8-12-19-15/h4-12,16,18H,13H2,1-3H3. The summed E-state index contributed by atoms with van der Waals surface area (Å²) in [5.74, 6) is 0. The highest BCUT2D eigenvalue weighted by Gasteiger charge is 2.30. The molecule has 1 heterocycles. The average Bonchev–Trinajstić information content (AvgIpc) is 2.46. The Kier molecular flexibility index (Phi) is 4.33. The van der Waals surface area contributed by atoms with Gasteiger partial charge in [0, 0.05) is 29.8 Å². The van der Waals surface area contributed by atoms with Crippen molar-refractivity contribution in [2.24, 2.45) is 0 Å². The summed E-state index contributed by atoms with van der Waals surface area (Å²) in [7, 11) is 2.03. The van der Waals surface area contributed by atoms with E-state index in [4.69, 9.17) is 0 Å². The first-order chi connectivity index (χ1) is 9.14. The lowest BCUT2D eigenvalue weighted by Gasteiger charge is -2.34. The lowest BCUT2D eigenvalue weighted by Crippen LogP contribution is -2.44. The molecular formula is C17H22N2. The van der Waals surface area contributed by atoms with Gasteiger partial charge in [0.05, 0.1) is 0 Å². The third-order valence-corrected chi connectivity index (χ3v) is 3.88. The Labute approximate surface area is 115 Å². The predicted molar refractivity (Wildman–Crippen MR) is 80.3 cm³/mol. The number of hydrogen-bond acceptors (Lipinski definition) is 2. The summed E-state index contributed by atoms with van der Waals surface area (Å²) >= 11 is 0. The van der Waals surface area contributed by atoms with E-state index in [0.29, 0.717) is 6.04 Å². The topological polar surface area (TPSA) is 24.9 Å². The number of rotatable bonds is 5. The number of pyridine rings is 1. The fourth-order valence-corrected chi connectivity index (χ4v) is 2.51. The van der Waals surface area contributed by atoms with Gasteiger partial charge in [0.1, 0.15) is 0 Å². The zero-order valence-electron chi connectivity index (χ0n) is 11.9. The Bertz CT molecular complexity index is 491. The maximum atomic E-state index is 4.43. The van der Waals surface area contributed by atoms with Crippen molar-refractivity contribution in [3.05, 3.63) is 66.0 Å². The molecule has 1 aromatic carbocycles. The molecule has 0 aliphatic heterocycles. The summed E-state index contributed by atoms with van der Waals surface area (Å²) in [4.78, 5) is 4.43. The summed E-state index contributed by atoms with van der Waals surface area (Å²) in [6.07, 6.45) is 2.79. The number of likely N-dealkylation sites (N-methyl/N-ethyl adjacent to an activating group) is 1. The first kappa shape index (κ1) is 13.8. The lowest BCUT2D eigenvalue weighted by molar-refractivity contribution is 0.354. The molecule has 0 fully saturated rings. The van der Waals surface area contributed by atoms with E-state index in [-0.39, 0.29) is 5.41 Å². The van der Waals surface area contributed by atoms with E-state index in [2.05, 4.69) is 60.5 Å². The second kappa shape index (κ2) is 5.98. The molecule has 2 heteroatoms. The molecule has 2 rings (SSSR count). The first-order valence-electron chi connectivity index (χ1n) is 6.77. The molecule has 1 N–H and O–H groups in total. The molecule has 2 nitrogen and oxygen atoms in total. The Morgan fingerprint density at radius 3 is 2.32 bits per heavy atom. The molecule has 1 unspecified atom stereocenters. The van der Waals surface area contributed by atoms with E-state index >= 15 is 0 Å². The van der Waals surface area contributed by atoms with Gasteiger partial charge in [0.25, 0.3) is 0 Å². The number of hydrogen-bond donors (Lipinski definition) is 1. The largest absolute Gasteiger partial charge is 0.316 e. The smallest absolute Gasteiger partial charge is 0.0419 e. The second-order valence-electron chi connectivity index (χ2n) is 5.45. The van der Waals surface area contributed by atoms with Gasteiger partial charge in [0.15, 0.2) is 0 Å². The molecule has 19 heavy (non-hydrogen) atoms. The molecule has 0 aliphatic rings. The van der Waals surface area contributed by atoms with Crippen LogP contribution in [0.25, 0.3) is 0 Å². The van der Waals surface area contributed by atoms with Crippen molar-refractivity contribution in [1.82, 2.24) is 10.3 Å². The number of nitrogens with zero attached hydrogens (tertiary/aromatic N) is 1. The number of aromatic nitrogens is 1. The van der Waals surface area contributed by atoms with Crippen LogP contribution in [0.2, 0.25) is 0 Å². The van der Waals surface area contributed by atoms with Crippen molar-refractivity contribution < 1.29 is 0 Å². The Balaban J connectivity index is 2.21. The minimum Gasteiger partial charge on any atom is -0.316 e. The summed E-state index contributed by atoms with van der Waals surface area (Å²) in [6, 6.07) is 17.1. The highest BCUT2D eigenvalue weighted by molar-refractivity contribution is 5.26. The summed E-state index contributed by atoms with van der Waals surface area (Å²) in [6.45, 7) is 4.57. The molecule has 0 saturated heterocycles. The van der Waals surface area contributed by atoms with Crippen molar-refractivity contribution in [2.45, 2.75) is 31.7 Å². The van der Waals surface area contributed by atoms with Gasteiger partial charge in [-0.05, 0) is 24.7 Å². The third kappa shape index (κ3) is 3.21. The van der Waals surface area contributed by atoms with Crippen LogP contribution in [0, 0.1) is 0 Å². The van der Waals surface area contributed by atoms with Crippen molar-refractivity contribution in [1.29, 1.82) is 0 Å². The van der Waals surface area contributed by atoms with E-state index < -0.39 is 0 Å². The van der Waals surface area contributed by atoms with E-state index in [1.165, 1.54) is 5.56 Å². The van der Waals surface area contributed by atoms with Gasteiger partial charge < -0.3 is 5.32 Å². The van der Waals surface area contributed by atoms with Crippen molar-refractivity contribution in [2.75, 3.05) is 7.05 Å². The monoisotopic (exact) mass is 254 g/mol. The van der Waals surface area contributed by atoms with Crippen LogP contribution in [0.4, 0.5) is 0 Å². The molecular weight excluding hydrogens is 232 g/mol. The first-order valence-corrected chi connectivity index (χ1v) is 6.77. The molecule has 0 amide bonds. The minimum atomic E-state index is 0.0630. The van der Waals surface area contributed by atoms with Crippen LogP contribution in [0.15, 0.2) is 54.7 Å². The highest BCUT2D eigenvalue weighted by Crippen LogP contribution is 2.28. The van der Waals surface area contributed by atoms with Gasteiger partial charge in [-0.3, -0.25) is 4.98 Å². The maximum Gasteiger partial charge on any atom is 0.0419 e. The molecule has 2 aromatic rings. The molecule has 1 aromatic heterocycles. The fraction of sp³-hybridized carbons (Fsp3) is 0.353. The Morgan fingerprint density at radius 1 is 1.05 bits per heavy atom. The van der Waals surface area contributed by atoms with Crippen molar-refractivity contribution in [3.63, 3.8) is 0 Å². The van der Waals surface area contributed by atoms with Gasteiger partial charge in [-0.15, -0.1) is 0 Å². The molecule has 0 bridgehead atoms. The van der Waals surface area contributed by atoms with Gasteiger partial charge in [-0.2, -0.15) is 0 Å². The average molecular weight is 254 g/mol. The van der Waals surface area contributed by atoms with E-state index in [0.717, 1.165) is 12.1 Å². The molecule has 0 saturated carbocycles. The highest BCUT2D eigenvalue weighted by atomic mass is 14.9. The SMILES string of the molecule is CNC(Cc1ccccn1)C(C)(C)c1ccccc1. The Hall–Kier alpha value is -1.67. The molecule has 100 valence electrons. The second-order valence-corrected chi connectivity index (χ2v) is 5.45. The number of benzene rings is 1. The molecule has 0 radical (unpaired) electrons. The van der Waals surface area contributed by atoms with Gasteiger partial charge in [0.2, 0.25) is 0 Å². The molecule has 0 spiro atoms. The van der Waals surface area contributed by atoms with Crippen LogP contribution >= 0.6 is 0 Å². The van der Waals surface area contributed by atoms with E-state index in [1.54, 1.807) is 0 Å². The molecule has 0 aliphatic carbocycles. The molecule has 1 atom stereocenters. The zero-order valence-corrected chi connectivity index (χ0v) is 11.9. The maximum absolute atomic E-state index is 4.43. The lowest BCUT2D eigenvalue weighted by atomic mass is 9.76. The van der Waals surface area contributed by atoms with Crippen LogP contribution in [0.1, 0.15) is 25.1 Å². The van der Waals surface area contributed by atoms with Crippen LogP contribution in [0.5, 0.6) is 0 Å². The van der Waals surface area contributed by atoms with E-state index in [9.17, 15) is 0 Å². The van der Waals surface area contributed by atoms with Crippen molar-refractivity contribution >= 4 is 0 Å². The third-order valence-electron chi connectivity index (χ3n) is 3.88. The van der Waals surface area contributed by atoms with Crippen molar-refractivity contribution in [3.8, 4) is 0 Å². The fourth-order valence-electron chi connectivity index (χ4n) is 2.51. The van der Waals surface area contributed by atoms with Gasteiger partial charge in [-0.1, -0.05) is 50.2 Å². The summed E-state index contributed by atoms with van der Waals surface area (Å²) in [5, 5.41) is 3.45. The number of nitrogens with one attached hydrogen (secondary N) is 1. The zero-order chi connectivity index (χ0) is 13.7. The predicted octanol–water partition coefficient (Wildman–Crippen LogP) is 3.19. The van der Waals surface area contributed by atoms with Crippen LogP contribution in [-0.2, 0) is 11.8 Å². The summed E-state index contributed by atoms with van der Waals surface area (Å²) < 4.78 is 0. The Morgan fingerprint density at radius 2 is 1.74 bits per heavy atom. The van der Waals surface area contributed by atoms with Crippen LogP contribution in [0.3, 0.4) is 0 Å². The van der Waals surface area contributed by atoms with Crippen LogP contribution < -0.4 is 5.32 Å². The normalized spacial score (nSPS) is 13.2. The summed E-state index contributed by atoms with van der Waals surface area (Å²) in [5.41, 5.74) is 2.55. The van der Waals surface area contributed by atoms with Gasteiger partial charge >= 0.3 is 0 Å². The van der Waals surface area contributed by atoms with E-state index in [1.807, 2.05) is 25.4 Å². The minimum absolute atomic E-state index is 0.0630. The quantitative estimate of drug-likeness (QED) is 0.886.